The Hall–Kier alpha value is -2.69. The predicted molar refractivity (Wildman–Crippen MR) is 81.8 cm³/mol. The summed E-state index contributed by atoms with van der Waals surface area (Å²) in [5, 5.41) is 3.24. The third kappa shape index (κ3) is 3.45. The molecule has 0 spiro atoms. The van der Waals surface area contributed by atoms with E-state index in [-0.39, 0.29) is 0 Å². The molecule has 0 aliphatic carbocycles. The number of ether oxygens (including phenoxy) is 2. The molecular formula is C16H18N2O3. The first-order valence-corrected chi connectivity index (χ1v) is 6.49. The zero-order chi connectivity index (χ0) is 15.2. The zero-order valence-electron chi connectivity index (χ0n) is 12.1. The normalized spacial score (nSPS) is 10.0. The minimum Gasteiger partial charge on any atom is -0.493 e. The molecule has 0 unspecified atom stereocenters. The van der Waals surface area contributed by atoms with E-state index in [1.54, 1.807) is 32.4 Å². The Morgan fingerprint density at radius 3 is 2.57 bits per heavy atom. The summed E-state index contributed by atoms with van der Waals surface area (Å²) in [7, 11) is 3.21. The molecule has 0 aromatic heterocycles. The number of carbonyl (C=O) groups is 1. The van der Waals surface area contributed by atoms with E-state index in [4.69, 9.17) is 15.2 Å². The minimum atomic E-state index is -0.447. The number of anilines is 1. The van der Waals surface area contributed by atoms with Crippen molar-refractivity contribution >= 4 is 11.6 Å². The lowest BCUT2D eigenvalue weighted by atomic mass is 10.1. The van der Waals surface area contributed by atoms with Gasteiger partial charge in [0.15, 0.2) is 11.5 Å². The number of hydrogen-bond donors (Lipinski definition) is 2. The van der Waals surface area contributed by atoms with Gasteiger partial charge in [-0.25, -0.2) is 0 Å². The SMILES string of the molecule is COc1cccc(CNc2cccc(C(N)=O)c2)c1OC. The molecule has 2 rings (SSSR count). The lowest BCUT2D eigenvalue weighted by molar-refractivity contribution is 0.100. The molecule has 0 saturated carbocycles. The van der Waals surface area contributed by atoms with Gasteiger partial charge in [0.25, 0.3) is 0 Å². The van der Waals surface area contributed by atoms with E-state index in [0.717, 1.165) is 11.3 Å². The summed E-state index contributed by atoms with van der Waals surface area (Å²) in [5.74, 6) is 0.929. The van der Waals surface area contributed by atoms with Gasteiger partial charge in [-0.2, -0.15) is 0 Å². The first-order chi connectivity index (χ1) is 10.2. The molecule has 1 amide bonds. The first kappa shape index (κ1) is 14.7. The summed E-state index contributed by atoms with van der Waals surface area (Å²) in [5.41, 5.74) is 7.52. The number of methoxy groups -OCH3 is 2. The van der Waals surface area contributed by atoms with Crippen molar-refractivity contribution in [3.05, 3.63) is 53.6 Å². The lowest BCUT2D eigenvalue weighted by Gasteiger charge is -2.14. The second-order valence-electron chi connectivity index (χ2n) is 4.45. The maximum Gasteiger partial charge on any atom is 0.248 e. The Labute approximate surface area is 123 Å². The van der Waals surface area contributed by atoms with Crippen molar-refractivity contribution in [3.8, 4) is 11.5 Å². The standard InChI is InChI=1S/C16H18N2O3/c1-20-14-8-4-6-12(15(14)21-2)10-18-13-7-3-5-11(9-13)16(17)19/h3-9,18H,10H2,1-2H3,(H2,17,19). The molecule has 5 nitrogen and oxygen atoms in total. The van der Waals surface area contributed by atoms with Gasteiger partial charge in [0.2, 0.25) is 5.91 Å². The number of nitrogens with two attached hydrogens (primary N) is 1. The topological polar surface area (TPSA) is 73.6 Å². The van der Waals surface area contributed by atoms with Crippen molar-refractivity contribution < 1.29 is 14.3 Å². The molecule has 0 radical (unpaired) electrons. The highest BCUT2D eigenvalue weighted by atomic mass is 16.5. The highest BCUT2D eigenvalue weighted by Crippen LogP contribution is 2.31. The summed E-state index contributed by atoms with van der Waals surface area (Å²) < 4.78 is 10.6. The van der Waals surface area contributed by atoms with Gasteiger partial charge in [0.05, 0.1) is 14.2 Å². The van der Waals surface area contributed by atoms with Crippen LogP contribution in [0.4, 0.5) is 5.69 Å². The number of para-hydroxylation sites is 1. The molecule has 21 heavy (non-hydrogen) atoms. The number of nitrogens with one attached hydrogen (secondary N) is 1. The fourth-order valence-electron chi connectivity index (χ4n) is 2.07. The monoisotopic (exact) mass is 286 g/mol. The van der Waals surface area contributed by atoms with E-state index < -0.39 is 5.91 Å². The van der Waals surface area contributed by atoms with Crippen LogP contribution >= 0.6 is 0 Å². The molecular weight excluding hydrogens is 268 g/mol. The average Bonchev–Trinajstić information content (AvgIpc) is 2.52. The van der Waals surface area contributed by atoms with E-state index in [2.05, 4.69) is 5.32 Å². The van der Waals surface area contributed by atoms with Crippen LogP contribution in [0.25, 0.3) is 0 Å². The quantitative estimate of drug-likeness (QED) is 0.855. The first-order valence-electron chi connectivity index (χ1n) is 6.49. The molecule has 0 fully saturated rings. The fraction of sp³-hybridized carbons (Fsp3) is 0.188. The van der Waals surface area contributed by atoms with E-state index in [9.17, 15) is 4.79 Å². The molecule has 5 heteroatoms. The van der Waals surface area contributed by atoms with Crippen molar-refractivity contribution in [2.75, 3.05) is 19.5 Å². The molecule has 2 aromatic carbocycles. The second-order valence-corrected chi connectivity index (χ2v) is 4.45. The average molecular weight is 286 g/mol. The lowest BCUT2D eigenvalue weighted by Crippen LogP contribution is -2.11. The Bertz CT molecular complexity index is 641. The Kier molecular flexibility index (Phi) is 4.66. The number of primary amides is 1. The van der Waals surface area contributed by atoms with Crippen molar-refractivity contribution in [1.82, 2.24) is 0 Å². The van der Waals surface area contributed by atoms with Crippen LogP contribution < -0.4 is 20.5 Å². The van der Waals surface area contributed by atoms with E-state index >= 15 is 0 Å². The number of benzene rings is 2. The number of hydrogen-bond acceptors (Lipinski definition) is 4. The van der Waals surface area contributed by atoms with Crippen LogP contribution in [0.1, 0.15) is 15.9 Å². The van der Waals surface area contributed by atoms with Crippen molar-refractivity contribution in [3.63, 3.8) is 0 Å². The third-order valence-corrected chi connectivity index (χ3v) is 3.11. The summed E-state index contributed by atoms with van der Waals surface area (Å²) in [6.07, 6.45) is 0. The van der Waals surface area contributed by atoms with Gasteiger partial charge in [-0.1, -0.05) is 18.2 Å². The molecule has 0 aliphatic heterocycles. The number of amides is 1. The Morgan fingerprint density at radius 1 is 1.14 bits per heavy atom. The molecule has 3 N–H and O–H groups in total. The summed E-state index contributed by atoms with van der Waals surface area (Å²) in [4.78, 5) is 11.2. The molecule has 0 aliphatic rings. The van der Waals surface area contributed by atoms with Crippen molar-refractivity contribution in [2.45, 2.75) is 6.54 Å². The van der Waals surface area contributed by atoms with E-state index in [1.807, 2.05) is 24.3 Å². The van der Waals surface area contributed by atoms with Gasteiger partial charge in [-0.15, -0.1) is 0 Å². The highest BCUT2D eigenvalue weighted by Gasteiger charge is 2.09. The number of carbonyl (C=O) groups excluding carboxylic acids is 1. The third-order valence-electron chi connectivity index (χ3n) is 3.11. The summed E-state index contributed by atoms with van der Waals surface area (Å²) >= 11 is 0. The maximum atomic E-state index is 11.2. The van der Waals surface area contributed by atoms with Gasteiger partial charge in [-0.3, -0.25) is 4.79 Å². The second kappa shape index (κ2) is 6.65. The van der Waals surface area contributed by atoms with Crippen LogP contribution in [0.3, 0.4) is 0 Å². The van der Waals surface area contributed by atoms with Gasteiger partial charge in [0.1, 0.15) is 0 Å². The van der Waals surface area contributed by atoms with Crippen molar-refractivity contribution in [1.29, 1.82) is 0 Å². The smallest absolute Gasteiger partial charge is 0.248 e. The maximum absolute atomic E-state index is 11.2. The predicted octanol–water partition coefficient (Wildman–Crippen LogP) is 2.41. The minimum absolute atomic E-state index is 0.447. The largest absolute Gasteiger partial charge is 0.493 e. The van der Waals surface area contributed by atoms with Crippen LogP contribution in [-0.2, 0) is 6.54 Å². The fourth-order valence-corrected chi connectivity index (χ4v) is 2.07. The van der Waals surface area contributed by atoms with Crippen LogP contribution in [0.15, 0.2) is 42.5 Å². The Morgan fingerprint density at radius 2 is 1.90 bits per heavy atom. The van der Waals surface area contributed by atoms with Gasteiger partial charge in [-0.05, 0) is 24.3 Å². The van der Waals surface area contributed by atoms with Gasteiger partial charge < -0.3 is 20.5 Å². The Balaban J connectivity index is 2.16. The summed E-state index contributed by atoms with van der Waals surface area (Å²) in [6.45, 7) is 0.544. The summed E-state index contributed by atoms with van der Waals surface area (Å²) in [6, 6.07) is 12.7. The molecule has 0 heterocycles. The van der Waals surface area contributed by atoms with Crippen LogP contribution in [0, 0.1) is 0 Å². The molecule has 0 atom stereocenters. The van der Waals surface area contributed by atoms with E-state index in [0.29, 0.717) is 23.6 Å². The number of rotatable bonds is 6. The zero-order valence-corrected chi connectivity index (χ0v) is 12.1. The molecule has 0 bridgehead atoms. The highest BCUT2D eigenvalue weighted by molar-refractivity contribution is 5.93. The van der Waals surface area contributed by atoms with E-state index in [1.165, 1.54) is 0 Å². The van der Waals surface area contributed by atoms with Crippen LogP contribution in [-0.4, -0.2) is 20.1 Å². The van der Waals surface area contributed by atoms with Gasteiger partial charge in [0, 0.05) is 23.4 Å². The molecule has 2 aromatic rings. The van der Waals surface area contributed by atoms with Gasteiger partial charge >= 0.3 is 0 Å². The van der Waals surface area contributed by atoms with Crippen molar-refractivity contribution in [2.24, 2.45) is 5.73 Å². The molecule has 110 valence electrons. The molecule has 0 saturated heterocycles. The van der Waals surface area contributed by atoms with Crippen LogP contribution in [0.5, 0.6) is 11.5 Å². The van der Waals surface area contributed by atoms with Crippen LogP contribution in [0.2, 0.25) is 0 Å².